The van der Waals surface area contributed by atoms with Crippen molar-refractivity contribution in [3.05, 3.63) is 71.7 Å². The molecule has 0 aliphatic heterocycles. The van der Waals surface area contributed by atoms with Crippen LogP contribution in [0.3, 0.4) is 0 Å². The number of amides is 1. The first-order valence-corrected chi connectivity index (χ1v) is 8.55. The number of nitrogens with zero attached hydrogens (tertiary/aromatic N) is 2. The van der Waals surface area contributed by atoms with Crippen molar-refractivity contribution in [2.24, 2.45) is 5.73 Å². The predicted octanol–water partition coefficient (Wildman–Crippen LogP) is 4.13. The van der Waals surface area contributed by atoms with Gasteiger partial charge in [0.1, 0.15) is 0 Å². The van der Waals surface area contributed by atoms with Crippen LogP contribution in [-0.2, 0) is 0 Å². The minimum absolute atomic E-state index is 0. The second-order valence-corrected chi connectivity index (χ2v) is 6.45. The number of hydrogen-bond donors (Lipinski definition) is 2. The van der Waals surface area contributed by atoms with Gasteiger partial charge in [0.25, 0.3) is 5.91 Å². The number of aromatic nitrogens is 2. The van der Waals surface area contributed by atoms with Crippen LogP contribution in [-0.4, -0.2) is 22.6 Å². The summed E-state index contributed by atoms with van der Waals surface area (Å²) in [6.07, 6.45) is 3.31. The Morgan fingerprint density at radius 1 is 1.07 bits per heavy atom. The van der Waals surface area contributed by atoms with Gasteiger partial charge in [-0.1, -0.05) is 43.3 Å². The molecule has 1 aromatic carbocycles. The van der Waals surface area contributed by atoms with Crippen LogP contribution in [0, 0.1) is 0 Å². The van der Waals surface area contributed by atoms with E-state index in [0.717, 1.165) is 11.1 Å². The second-order valence-electron chi connectivity index (χ2n) is 6.45. The van der Waals surface area contributed by atoms with Gasteiger partial charge in [-0.15, -0.1) is 24.8 Å². The summed E-state index contributed by atoms with van der Waals surface area (Å²) in [5, 5.41) is 6.63. The number of benzene rings is 1. The highest BCUT2D eigenvalue weighted by Gasteiger charge is 2.15. The number of carbonyl (C=O) groups is 1. The number of nitrogens with one attached hydrogen (secondary N) is 1. The smallest absolute Gasteiger partial charge is 0.273 e. The van der Waals surface area contributed by atoms with Crippen LogP contribution in [0.25, 0.3) is 11.3 Å². The SMILES string of the molecule is CC(C)c1ccc(C(N)CNC(=O)c2cc(-c3ccncc3)on2)cc1.Cl.Cl. The van der Waals surface area contributed by atoms with Crippen molar-refractivity contribution < 1.29 is 9.32 Å². The quantitative estimate of drug-likeness (QED) is 0.622. The Morgan fingerprint density at radius 2 is 1.68 bits per heavy atom. The highest BCUT2D eigenvalue weighted by Crippen LogP contribution is 2.20. The Balaban J connectivity index is 0.00000196. The summed E-state index contributed by atoms with van der Waals surface area (Å²) in [5.74, 6) is 0.677. The van der Waals surface area contributed by atoms with Crippen molar-refractivity contribution in [2.75, 3.05) is 6.54 Å². The van der Waals surface area contributed by atoms with Gasteiger partial charge in [-0.05, 0) is 29.2 Å². The van der Waals surface area contributed by atoms with Gasteiger partial charge < -0.3 is 15.6 Å². The molecule has 0 aliphatic carbocycles. The summed E-state index contributed by atoms with van der Waals surface area (Å²) < 4.78 is 5.23. The van der Waals surface area contributed by atoms with E-state index in [2.05, 4.69) is 41.4 Å². The molecule has 8 heteroatoms. The van der Waals surface area contributed by atoms with Gasteiger partial charge in [0.2, 0.25) is 0 Å². The molecular weight excluding hydrogens is 399 g/mol. The van der Waals surface area contributed by atoms with Gasteiger partial charge in [-0.25, -0.2) is 0 Å². The van der Waals surface area contributed by atoms with Crippen molar-refractivity contribution in [3.8, 4) is 11.3 Å². The lowest BCUT2D eigenvalue weighted by Gasteiger charge is -2.14. The monoisotopic (exact) mass is 422 g/mol. The zero-order valence-corrected chi connectivity index (χ0v) is 17.3. The zero-order valence-electron chi connectivity index (χ0n) is 15.7. The van der Waals surface area contributed by atoms with Crippen LogP contribution in [0.15, 0.2) is 59.4 Å². The lowest BCUT2D eigenvalue weighted by molar-refractivity contribution is 0.0942. The van der Waals surface area contributed by atoms with E-state index in [1.165, 1.54) is 5.56 Å². The largest absolute Gasteiger partial charge is 0.355 e. The molecule has 1 atom stereocenters. The molecule has 150 valence electrons. The fraction of sp³-hybridized carbons (Fsp3) is 0.250. The third kappa shape index (κ3) is 5.79. The first-order chi connectivity index (χ1) is 12.5. The number of carbonyl (C=O) groups excluding carboxylic acids is 1. The fourth-order valence-electron chi connectivity index (χ4n) is 2.57. The topological polar surface area (TPSA) is 94.0 Å². The van der Waals surface area contributed by atoms with Crippen molar-refractivity contribution >= 4 is 30.7 Å². The minimum atomic E-state index is -0.316. The van der Waals surface area contributed by atoms with E-state index in [1.807, 2.05) is 12.1 Å². The van der Waals surface area contributed by atoms with Gasteiger partial charge in [0.05, 0.1) is 0 Å². The van der Waals surface area contributed by atoms with Gasteiger partial charge in [0, 0.05) is 36.6 Å². The lowest BCUT2D eigenvalue weighted by atomic mass is 9.99. The number of rotatable bonds is 6. The maximum Gasteiger partial charge on any atom is 0.273 e. The molecule has 0 bridgehead atoms. The average Bonchev–Trinajstić information content (AvgIpc) is 3.17. The van der Waals surface area contributed by atoms with Crippen LogP contribution < -0.4 is 11.1 Å². The highest BCUT2D eigenvalue weighted by atomic mass is 35.5. The van der Waals surface area contributed by atoms with Crippen molar-refractivity contribution in [1.29, 1.82) is 0 Å². The molecule has 0 saturated heterocycles. The molecule has 2 heterocycles. The van der Waals surface area contributed by atoms with Crippen molar-refractivity contribution in [2.45, 2.75) is 25.8 Å². The van der Waals surface area contributed by atoms with E-state index < -0.39 is 0 Å². The van der Waals surface area contributed by atoms with Crippen LogP contribution in [0.2, 0.25) is 0 Å². The van der Waals surface area contributed by atoms with Gasteiger partial charge in [-0.3, -0.25) is 9.78 Å². The van der Waals surface area contributed by atoms with Crippen LogP contribution in [0.4, 0.5) is 0 Å². The summed E-state index contributed by atoms with van der Waals surface area (Å²) in [7, 11) is 0. The summed E-state index contributed by atoms with van der Waals surface area (Å²) in [4.78, 5) is 16.2. The molecule has 1 unspecified atom stereocenters. The van der Waals surface area contributed by atoms with Crippen LogP contribution in [0.1, 0.15) is 47.4 Å². The van der Waals surface area contributed by atoms with Crippen molar-refractivity contribution in [1.82, 2.24) is 15.5 Å². The first kappa shape index (κ1) is 23.6. The molecule has 3 aromatic rings. The van der Waals surface area contributed by atoms with Gasteiger partial charge >= 0.3 is 0 Å². The van der Waals surface area contributed by atoms with E-state index in [1.54, 1.807) is 30.6 Å². The molecule has 0 saturated carbocycles. The van der Waals surface area contributed by atoms with Crippen LogP contribution in [0.5, 0.6) is 0 Å². The first-order valence-electron chi connectivity index (χ1n) is 8.55. The molecule has 0 aliphatic rings. The van der Waals surface area contributed by atoms with E-state index in [0.29, 0.717) is 18.2 Å². The molecule has 0 spiro atoms. The van der Waals surface area contributed by atoms with E-state index in [4.69, 9.17) is 10.3 Å². The Kier molecular flexibility index (Phi) is 9.12. The second kappa shape index (κ2) is 10.8. The van der Waals surface area contributed by atoms with Gasteiger partial charge in [-0.2, -0.15) is 0 Å². The molecule has 1 amide bonds. The molecule has 6 nitrogen and oxygen atoms in total. The lowest BCUT2D eigenvalue weighted by Crippen LogP contribution is -2.32. The highest BCUT2D eigenvalue weighted by molar-refractivity contribution is 5.93. The maximum absolute atomic E-state index is 12.3. The Labute approximate surface area is 176 Å². The Hall–Kier alpha value is -2.41. The van der Waals surface area contributed by atoms with Gasteiger partial charge in [0.15, 0.2) is 11.5 Å². The standard InChI is InChI=1S/C20H22N4O2.2ClH/c1-13(2)14-3-5-15(6-4-14)17(21)12-23-20(25)18-11-19(26-24-18)16-7-9-22-10-8-16;;/h3-11,13,17H,12,21H2,1-2H3,(H,23,25);2*1H. The minimum Gasteiger partial charge on any atom is -0.355 e. The fourth-order valence-corrected chi connectivity index (χ4v) is 2.57. The normalized spacial score (nSPS) is 11.3. The summed E-state index contributed by atoms with van der Waals surface area (Å²) in [6.45, 7) is 4.61. The molecule has 2 aromatic heterocycles. The summed E-state index contributed by atoms with van der Waals surface area (Å²) in [5.41, 5.74) is 9.45. The molecule has 3 rings (SSSR count). The zero-order chi connectivity index (χ0) is 18.5. The molecular formula is C20H24Cl2N4O2. The van der Waals surface area contributed by atoms with E-state index >= 15 is 0 Å². The number of hydrogen-bond acceptors (Lipinski definition) is 5. The average molecular weight is 423 g/mol. The Morgan fingerprint density at radius 3 is 2.29 bits per heavy atom. The van der Waals surface area contributed by atoms with E-state index in [-0.39, 0.29) is 42.5 Å². The molecule has 3 N–H and O–H groups in total. The summed E-state index contributed by atoms with van der Waals surface area (Å²) in [6, 6.07) is 13.0. The molecule has 28 heavy (non-hydrogen) atoms. The summed E-state index contributed by atoms with van der Waals surface area (Å²) >= 11 is 0. The van der Waals surface area contributed by atoms with Crippen LogP contribution >= 0.6 is 24.8 Å². The number of halogens is 2. The Bertz CT molecular complexity index is 867. The maximum atomic E-state index is 12.3. The number of pyridine rings is 1. The number of nitrogens with two attached hydrogens (primary N) is 1. The van der Waals surface area contributed by atoms with Crippen molar-refractivity contribution in [3.63, 3.8) is 0 Å². The molecule has 0 fully saturated rings. The molecule has 0 radical (unpaired) electrons. The van der Waals surface area contributed by atoms with E-state index in [9.17, 15) is 4.79 Å². The predicted molar refractivity (Wildman–Crippen MR) is 114 cm³/mol. The third-order valence-electron chi connectivity index (χ3n) is 4.22. The third-order valence-corrected chi connectivity index (χ3v) is 4.22.